The van der Waals surface area contributed by atoms with Crippen molar-refractivity contribution in [2.45, 2.75) is 77.7 Å². The number of rotatable bonds is 2. The number of piperidine rings is 2. The summed E-state index contributed by atoms with van der Waals surface area (Å²) in [7, 11) is 0. The standard InChI is InChI=1S/C20H24F3NO4.C15H16F3NO.ClH/c1-10-8-12(16-13(14(10)21)15(22)17(23)27-16)20(26)6-7-24(9-11(20)2)18(25)28-19(3,4)5;1-9-8-19-4-2-12(9)13-7-11(15(16,17)18)6-10-3-5-20-14(10)13;/h8,11,26H,6-7,9H2,1-5H3;3,5-7,9,12,19H,2,4,8H2,1H3;1H. The monoisotopic (exact) mass is 718 g/mol. The molecular weight excluding hydrogens is 678 g/mol. The molecule has 2 aliphatic rings. The molecule has 4 unspecified atom stereocenters. The Morgan fingerprint density at radius 3 is 2.39 bits per heavy atom. The molecule has 0 bridgehead atoms. The Hall–Kier alpha value is -3.42. The SMILES string of the molecule is CC1CNCCC1c1cc(C(F)(F)F)cc2ccoc12.Cc1cc(C2(O)CCN(C(=O)OC(C)(C)C)CC2C)c2oc(F)c(F)c2c1F.Cl. The number of furan rings is 2. The number of nitrogens with one attached hydrogen (secondary N) is 1. The Labute approximate surface area is 286 Å². The van der Waals surface area contributed by atoms with Crippen LogP contribution in [0.5, 0.6) is 0 Å². The average molecular weight is 719 g/mol. The number of fused-ring (bicyclic) bond motifs is 2. The molecule has 2 N–H and O–H groups in total. The van der Waals surface area contributed by atoms with Gasteiger partial charge in [-0.25, -0.2) is 9.18 Å². The Morgan fingerprint density at radius 1 is 1.08 bits per heavy atom. The number of aliphatic hydroxyl groups is 1. The minimum Gasteiger partial charge on any atom is -0.464 e. The summed E-state index contributed by atoms with van der Waals surface area (Å²) in [5.74, 6) is -2.46. The van der Waals surface area contributed by atoms with E-state index in [0.717, 1.165) is 25.6 Å². The normalized spacial score (nSPS) is 23.2. The predicted molar refractivity (Wildman–Crippen MR) is 174 cm³/mol. The fourth-order valence-corrected chi connectivity index (χ4v) is 6.68. The first-order valence-electron chi connectivity index (χ1n) is 15.9. The molecule has 2 aliphatic heterocycles. The first kappa shape index (κ1) is 38.4. The van der Waals surface area contributed by atoms with Gasteiger partial charge in [0, 0.05) is 30.0 Å². The third-order valence-corrected chi connectivity index (χ3v) is 9.26. The zero-order chi connectivity index (χ0) is 35.3. The van der Waals surface area contributed by atoms with Gasteiger partial charge >= 0.3 is 18.3 Å². The maximum Gasteiger partial charge on any atom is 0.416 e. The van der Waals surface area contributed by atoms with Crippen LogP contribution >= 0.6 is 12.4 Å². The van der Waals surface area contributed by atoms with Crippen LogP contribution in [0.25, 0.3) is 21.9 Å². The molecule has 2 aromatic carbocycles. The lowest BCUT2D eigenvalue weighted by molar-refractivity contribution is -0.137. The molecule has 4 aromatic rings. The lowest BCUT2D eigenvalue weighted by Crippen LogP contribution is -2.51. The van der Waals surface area contributed by atoms with Gasteiger partial charge in [0.05, 0.1) is 22.8 Å². The zero-order valence-corrected chi connectivity index (χ0v) is 28.9. The van der Waals surface area contributed by atoms with E-state index in [1.54, 1.807) is 33.8 Å². The summed E-state index contributed by atoms with van der Waals surface area (Å²) in [4.78, 5) is 13.8. The van der Waals surface area contributed by atoms with Crippen LogP contribution in [-0.4, -0.2) is 47.9 Å². The van der Waals surface area contributed by atoms with Crippen molar-refractivity contribution in [3.8, 4) is 0 Å². The minimum absolute atomic E-state index is 0. The number of alkyl halides is 3. The molecule has 0 radical (unpaired) electrons. The second-order valence-electron chi connectivity index (χ2n) is 13.9. The highest BCUT2D eigenvalue weighted by molar-refractivity contribution is 5.85. The Kier molecular flexibility index (Phi) is 11.0. The number of likely N-dealkylation sites (tertiary alicyclic amines) is 1. The van der Waals surface area contributed by atoms with Crippen molar-refractivity contribution in [1.82, 2.24) is 10.2 Å². The van der Waals surface area contributed by atoms with Gasteiger partial charge in [0.2, 0.25) is 5.82 Å². The van der Waals surface area contributed by atoms with Gasteiger partial charge in [0.1, 0.15) is 22.6 Å². The predicted octanol–water partition coefficient (Wildman–Crippen LogP) is 9.21. The molecule has 0 spiro atoms. The topological polar surface area (TPSA) is 88.1 Å². The van der Waals surface area contributed by atoms with Crippen molar-refractivity contribution < 1.29 is 49.8 Å². The first-order chi connectivity index (χ1) is 22.3. The van der Waals surface area contributed by atoms with Crippen LogP contribution in [0.3, 0.4) is 0 Å². The molecule has 7 nitrogen and oxygen atoms in total. The molecule has 49 heavy (non-hydrogen) atoms. The lowest BCUT2D eigenvalue weighted by Gasteiger charge is -2.43. The Balaban J connectivity index is 0.000000227. The molecule has 0 aliphatic carbocycles. The number of ether oxygens (including phenoxy) is 1. The number of carbonyl (C=O) groups excluding carboxylic acids is 1. The van der Waals surface area contributed by atoms with Crippen molar-refractivity contribution in [2.24, 2.45) is 11.8 Å². The number of hydrogen-bond donors (Lipinski definition) is 2. The first-order valence-corrected chi connectivity index (χ1v) is 15.9. The number of nitrogens with zero attached hydrogens (tertiary/aromatic N) is 1. The van der Waals surface area contributed by atoms with E-state index in [4.69, 9.17) is 13.6 Å². The zero-order valence-electron chi connectivity index (χ0n) is 28.1. The van der Waals surface area contributed by atoms with E-state index < -0.39 is 58.0 Å². The third-order valence-electron chi connectivity index (χ3n) is 9.26. The lowest BCUT2D eigenvalue weighted by atomic mass is 9.76. The van der Waals surface area contributed by atoms with Crippen LogP contribution in [0.15, 0.2) is 39.4 Å². The molecule has 1 amide bonds. The second kappa shape index (κ2) is 14.1. The molecule has 14 heteroatoms. The highest BCUT2D eigenvalue weighted by Gasteiger charge is 2.45. The van der Waals surface area contributed by atoms with Crippen LogP contribution in [-0.2, 0) is 16.5 Å². The van der Waals surface area contributed by atoms with Crippen molar-refractivity contribution in [3.63, 3.8) is 0 Å². The number of carbonyl (C=O) groups is 1. The molecular formula is C35H41ClF6N2O5. The summed E-state index contributed by atoms with van der Waals surface area (Å²) in [5, 5.41) is 14.5. The number of halogens is 7. The number of amides is 1. The van der Waals surface area contributed by atoms with E-state index in [9.17, 15) is 36.2 Å². The fraction of sp³-hybridized carbons (Fsp3) is 0.514. The molecule has 2 saturated heterocycles. The Bertz CT molecular complexity index is 1820. The van der Waals surface area contributed by atoms with E-state index in [1.807, 2.05) is 0 Å². The van der Waals surface area contributed by atoms with Gasteiger partial charge in [-0.15, -0.1) is 12.4 Å². The molecule has 270 valence electrons. The summed E-state index contributed by atoms with van der Waals surface area (Å²) in [6, 6.07) is 3.84. The van der Waals surface area contributed by atoms with Gasteiger partial charge in [-0.1, -0.05) is 13.8 Å². The number of hydrogen-bond acceptors (Lipinski definition) is 6. The average Bonchev–Trinajstić information content (AvgIpc) is 3.59. The Morgan fingerprint density at radius 2 is 1.78 bits per heavy atom. The maximum atomic E-state index is 14.3. The highest BCUT2D eigenvalue weighted by atomic mass is 35.5. The van der Waals surface area contributed by atoms with Gasteiger partial charge in [-0.2, -0.15) is 22.0 Å². The maximum absolute atomic E-state index is 14.3. The van der Waals surface area contributed by atoms with Gasteiger partial charge in [0.15, 0.2) is 0 Å². The molecule has 2 aromatic heterocycles. The van der Waals surface area contributed by atoms with Gasteiger partial charge in [-0.05, 0) is 101 Å². The third kappa shape index (κ3) is 7.68. The van der Waals surface area contributed by atoms with E-state index in [1.165, 1.54) is 30.2 Å². The second-order valence-corrected chi connectivity index (χ2v) is 13.9. The largest absolute Gasteiger partial charge is 0.464 e. The molecule has 0 saturated carbocycles. The molecule has 4 heterocycles. The van der Waals surface area contributed by atoms with E-state index in [-0.39, 0.29) is 54.5 Å². The van der Waals surface area contributed by atoms with E-state index >= 15 is 0 Å². The van der Waals surface area contributed by atoms with Crippen molar-refractivity contribution in [2.75, 3.05) is 26.2 Å². The summed E-state index contributed by atoms with van der Waals surface area (Å²) >= 11 is 0. The smallest absolute Gasteiger partial charge is 0.416 e. The minimum atomic E-state index is -4.32. The van der Waals surface area contributed by atoms with Crippen molar-refractivity contribution in [3.05, 3.63) is 70.4 Å². The molecule has 4 atom stereocenters. The molecule has 2 fully saturated rings. The summed E-state index contributed by atoms with van der Waals surface area (Å²) < 4.78 is 96.8. The summed E-state index contributed by atoms with van der Waals surface area (Å²) in [6.07, 6.45) is -2.46. The number of benzene rings is 2. The fourth-order valence-electron chi connectivity index (χ4n) is 6.68. The van der Waals surface area contributed by atoms with Crippen LogP contribution in [0.1, 0.15) is 75.6 Å². The summed E-state index contributed by atoms with van der Waals surface area (Å²) in [5.41, 5.74) is -1.68. The van der Waals surface area contributed by atoms with Crippen LogP contribution < -0.4 is 5.32 Å². The van der Waals surface area contributed by atoms with E-state index in [2.05, 4.69) is 12.2 Å². The van der Waals surface area contributed by atoms with Crippen LogP contribution in [0, 0.1) is 36.4 Å². The van der Waals surface area contributed by atoms with Crippen LogP contribution in [0.2, 0.25) is 0 Å². The van der Waals surface area contributed by atoms with Crippen molar-refractivity contribution in [1.29, 1.82) is 0 Å². The van der Waals surface area contributed by atoms with Gasteiger partial charge < -0.3 is 28.9 Å². The van der Waals surface area contributed by atoms with Gasteiger partial charge in [-0.3, -0.25) is 0 Å². The van der Waals surface area contributed by atoms with Crippen molar-refractivity contribution >= 4 is 40.4 Å². The number of aryl methyl sites for hydroxylation is 1. The van der Waals surface area contributed by atoms with Gasteiger partial charge in [0.25, 0.3) is 0 Å². The summed E-state index contributed by atoms with van der Waals surface area (Å²) in [6.45, 7) is 12.4. The van der Waals surface area contributed by atoms with E-state index in [0.29, 0.717) is 22.5 Å². The highest BCUT2D eigenvalue weighted by Crippen LogP contribution is 2.44. The quantitative estimate of drug-likeness (QED) is 0.201. The molecule has 6 rings (SSSR count). The van der Waals surface area contributed by atoms with Crippen LogP contribution in [0.4, 0.5) is 31.1 Å².